The van der Waals surface area contributed by atoms with E-state index in [0.717, 1.165) is 12.5 Å². The van der Waals surface area contributed by atoms with Gasteiger partial charge in [-0.3, -0.25) is 0 Å². The van der Waals surface area contributed by atoms with Gasteiger partial charge >= 0.3 is 0 Å². The zero-order valence-corrected chi connectivity index (χ0v) is 12.0. The Morgan fingerprint density at radius 2 is 2.18 bits per heavy atom. The highest BCUT2D eigenvalue weighted by atomic mass is 32.1. The van der Waals surface area contributed by atoms with Crippen molar-refractivity contribution in [2.24, 2.45) is 11.7 Å². The van der Waals surface area contributed by atoms with Crippen LogP contribution in [0.1, 0.15) is 50.6 Å². The minimum Gasteiger partial charge on any atom is -0.345 e. The van der Waals surface area contributed by atoms with Crippen LogP contribution < -0.4 is 10.6 Å². The molecule has 1 saturated heterocycles. The minimum atomic E-state index is 0.467. The maximum Gasteiger partial charge on any atom is 0.186 e. The van der Waals surface area contributed by atoms with Crippen molar-refractivity contribution in [1.82, 2.24) is 4.98 Å². The molecular formula is C13H23N3S. The summed E-state index contributed by atoms with van der Waals surface area (Å²) in [6, 6.07) is 0.613. The molecule has 1 aliphatic rings. The molecule has 0 amide bonds. The van der Waals surface area contributed by atoms with Crippen LogP contribution in [0.2, 0.25) is 0 Å². The number of anilines is 1. The van der Waals surface area contributed by atoms with Gasteiger partial charge in [-0.25, -0.2) is 4.98 Å². The maximum atomic E-state index is 5.81. The van der Waals surface area contributed by atoms with Crippen molar-refractivity contribution in [3.63, 3.8) is 0 Å². The van der Waals surface area contributed by atoms with Crippen LogP contribution in [0.4, 0.5) is 5.13 Å². The number of aromatic nitrogens is 1. The van der Waals surface area contributed by atoms with Crippen LogP contribution in [0.25, 0.3) is 0 Å². The molecule has 2 atom stereocenters. The molecule has 0 bridgehead atoms. The van der Waals surface area contributed by atoms with Crippen LogP contribution in [-0.2, 0) is 6.54 Å². The molecule has 1 fully saturated rings. The average molecular weight is 253 g/mol. The van der Waals surface area contributed by atoms with E-state index in [1.54, 1.807) is 11.3 Å². The van der Waals surface area contributed by atoms with Crippen LogP contribution in [0.3, 0.4) is 0 Å². The Hall–Kier alpha value is -0.610. The molecule has 2 rings (SSSR count). The molecule has 0 radical (unpaired) electrons. The first-order valence-corrected chi connectivity index (χ1v) is 7.30. The minimum absolute atomic E-state index is 0.467. The number of nitrogens with two attached hydrogens (primary N) is 1. The first-order valence-electron chi connectivity index (χ1n) is 6.49. The number of rotatable bonds is 3. The molecule has 2 heterocycles. The summed E-state index contributed by atoms with van der Waals surface area (Å²) in [6.45, 7) is 10.7. The van der Waals surface area contributed by atoms with Gasteiger partial charge in [0.05, 0.1) is 5.69 Å². The van der Waals surface area contributed by atoms with E-state index in [-0.39, 0.29) is 0 Å². The highest BCUT2D eigenvalue weighted by Gasteiger charge is 2.29. The van der Waals surface area contributed by atoms with Gasteiger partial charge < -0.3 is 10.6 Å². The van der Waals surface area contributed by atoms with Gasteiger partial charge in [0.25, 0.3) is 0 Å². The van der Waals surface area contributed by atoms with Crippen molar-refractivity contribution in [2.75, 3.05) is 11.4 Å². The largest absolute Gasteiger partial charge is 0.345 e. The SMILES string of the molecule is CC1CC(C)N(c2nc(C(C)C)c(CN)s2)C1. The summed E-state index contributed by atoms with van der Waals surface area (Å²) >= 11 is 1.78. The van der Waals surface area contributed by atoms with E-state index in [1.807, 2.05) is 0 Å². The zero-order chi connectivity index (χ0) is 12.6. The highest BCUT2D eigenvalue weighted by Crippen LogP contribution is 2.35. The Labute approximate surface area is 108 Å². The van der Waals surface area contributed by atoms with E-state index in [4.69, 9.17) is 10.7 Å². The quantitative estimate of drug-likeness (QED) is 0.900. The van der Waals surface area contributed by atoms with Gasteiger partial charge in [0.1, 0.15) is 0 Å². The molecule has 17 heavy (non-hydrogen) atoms. The number of nitrogens with zero attached hydrogens (tertiary/aromatic N) is 2. The second-order valence-electron chi connectivity index (χ2n) is 5.51. The Bertz CT molecular complexity index is 386. The molecule has 0 aliphatic carbocycles. The Morgan fingerprint density at radius 1 is 1.47 bits per heavy atom. The van der Waals surface area contributed by atoms with E-state index in [0.29, 0.717) is 18.5 Å². The summed E-state index contributed by atoms with van der Waals surface area (Å²) in [5, 5.41) is 1.17. The molecule has 4 heteroatoms. The number of hydrogen-bond donors (Lipinski definition) is 1. The fourth-order valence-electron chi connectivity index (χ4n) is 2.64. The van der Waals surface area contributed by atoms with E-state index in [1.165, 1.54) is 22.1 Å². The molecular weight excluding hydrogens is 230 g/mol. The summed E-state index contributed by atoms with van der Waals surface area (Å²) in [5.74, 6) is 1.24. The van der Waals surface area contributed by atoms with Gasteiger partial charge in [-0.05, 0) is 25.2 Å². The van der Waals surface area contributed by atoms with E-state index in [9.17, 15) is 0 Å². The molecule has 0 spiro atoms. The van der Waals surface area contributed by atoms with Gasteiger partial charge in [-0.1, -0.05) is 20.8 Å². The molecule has 2 N–H and O–H groups in total. The third-order valence-corrected chi connectivity index (χ3v) is 4.61. The second kappa shape index (κ2) is 4.94. The monoisotopic (exact) mass is 253 g/mol. The predicted molar refractivity (Wildman–Crippen MR) is 74.7 cm³/mol. The smallest absolute Gasteiger partial charge is 0.186 e. The number of thiazole rings is 1. The van der Waals surface area contributed by atoms with Crippen LogP contribution in [-0.4, -0.2) is 17.6 Å². The van der Waals surface area contributed by atoms with Crippen molar-refractivity contribution < 1.29 is 0 Å². The van der Waals surface area contributed by atoms with Crippen molar-refractivity contribution in [1.29, 1.82) is 0 Å². The Balaban J connectivity index is 2.27. The summed E-state index contributed by atoms with van der Waals surface area (Å²) in [5.41, 5.74) is 7.01. The maximum absolute atomic E-state index is 5.81. The van der Waals surface area contributed by atoms with Crippen LogP contribution in [0.5, 0.6) is 0 Å². The first kappa shape index (κ1) is 12.8. The van der Waals surface area contributed by atoms with Crippen LogP contribution >= 0.6 is 11.3 Å². The summed E-state index contributed by atoms with van der Waals surface area (Å²) in [4.78, 5) is 8.51. The average Bonchev–Trinajstić information content (AvgIpc) is 2.81. The van der Waals surface area contributed by atoms with Crippen molar-refractivity contribution >= 4 is 16.5 Å². The van der Waals surface area contributed by atoms with Crippen LogP contribution in [0.15, 0.2) is 0 Å². The molecule has 1 aliphatic heterocycles. The van der Waals surface area contributed by atoms with Crippen LogP contribution in [0, 0.1) is 5.92 Å². The van der Waals surface area contributed by atoms with E-state index in [2.05, 4.69) is 32.6 Å². The molecule has 96 valence electrons. The molecule has 1 aromatic rings. The van der Waals surface area contributed by atoms with E-state index < -0.39 is 0 Å². The standard InChI is InChI=1S/C13H23N3S/c1-8(2)12-11(6-14)17-13(15-12)16-7-9(3)5-10(16)4/h8-10H,5-7,14H2,1-4H3. The van der Waals surface area contributed by atoms with Gasteiger partial charge in [0.2, 0.25) is 0 Å². The second-order valence-corrected chi connectivity index (χ2v) is 6.57. The first-order chi connectivity index (χ1) is 8.02. The normalized spacial score (nSPS) is 24.9. The van der Waals surface area contributed by atoms with Gasteiger partial charge in [-0.15, -0.1) is 11.3 Å². The third-order valence-electron chi connectivity index (χ3n) is 3.48. The van der Waals surface area contributed by atoms with Gasteiger partial charge in [0, 0.05) is 24.0 Å². The summed E-state index contributed by atoms with van der Waals surface area (Å²) in [6.07, 6.45) is 1.27. The number of hydrogen-bond acceptors (Lipinski definition) is 4. The molecule has 3 nitrogen and oxygen atoms in total. The lowest BCUT2D eigenvalue weighted by Gasteiger charge is -2.20. The molecule has 1 aromatic heterocycles. The summed E-state index contributed by atoms with van der Waals surface area (Å²) < 4.78 is 0. The lowest BCUT2D eigenvalue weighted by atomic mass is 10.1. The zero-order valence-electron chi connectivity index (χ0n) is 11.2. The predicted octanol–water partition coefficient (Wildman–Crippen LogP) is 2.96. The van der Waals surface area contributed by atoms with Gasteiger partial charge in [-0.2, -0.15) is 0 Å². The van der Waals surface area contributed by atoms with E-state index >= 15 is 0 Å². The summed E-state index contributed by atoms with van der Waals surface area (Å²) in [7, 11) is 0. The lowest BCUT2D eigenvalue weighted by molar-refractivity contribution is 0.625. The lowest BCUT2D eigenvalue weighted by Crippen LogP contribution is -2.26. The molecule has 2 unspecified atom stereocenters. The van der Waals surface area contributed by atoms with Gasteiger partial charge in [0.15, 0.2) is 5.13 Å². The topological polar surface area (TPSA) is 42.2 Å². The molecule has 0 aromatic carbocycles. The fourth-order valence-corrected chi connectivity index (χ4v) is 3.84. The third kappa shape index (κ3) is 2.47. The fraction of sp³-hybridized carbons (Fsp3) is 0.769. The Morgan fingerprint density at radius 3 is 2.59 bits per heavy atom. The van der Waals surface area contributed by atoms with Crippen molar-refractivity contribution in [3.8, 4) is 0 Å². The highest BCUT2D eigenvalue weighted by molar-refractivity contribution is 7.15. The molecule has 0 saturated carbocycles. The Kier molecular flexibility index (Phi) is 3.73. The van der Waals surface area contributed by atoms with Crippen molar-refractivity contribution in [2.45, 2.75) is 52.6 Å². The van der Waals surface area contributed by atoms with Crippen molar-refractivity contribution in [3.05, 3.63) is 10.6 Å².